The van der Waals surface area contributed by atoms with Crippen LogP contribution in [0.5, 0.6) is 17.2 Å². The van der Waals surface area contributed by atoms with E-state index < -0.39 is 21.9 Å². The zero-order chi connectivity index (χ0) is 26.2. The molecule has 0 unspecified atom stereocenters. The summed E-state index contributed by atoms with van der Waals surface area (Å²) in [5, 5.41) is 0. The van der Waals surface area contributed by atoms with E-state index in [9.17, 15) is 18.0 Å². The Balaban J connectivity index is 1.36. The van der Waals surface area contributed by atoms with E-state index in [2.05, 4.69) is 4.99 Å². The minimum Gasteiger partial charge on any atom is -0.497 e. The maximum atomic E-state index is 13.1. The molecular formula is C24H25N3O8S2. The molecule has 0 bridgehead atoms. The number of benzene rings is 2. The van der Waals surface area contributed by atoms with Gasteiger partial charge in [0.05, 0.1) is 29.3 Å². The average molecular weight is 548 g/mol. The average Bonchev–Trinajstić information content (AvgIpc) is 3.50. The Kier molecular flexibility index (Phi) is 6.92. The normalized spacial score (nSPS) is 16.8. The Morgan fingerprint density at radius 1 is 1.08 bits per heavy atom. The molecule has 5 rings (SSSR count). The number of amides is 1. The van der Waals surface area contributed by atoms with Crippen LogP contribution in [0, 0.1) is 5.92 Å². The van der Waals surface area contributed by atoms with Gasteiger partial charge in [0.1, 0.15) is 12.3 Å². The van der Waals surface area contributed by atoms with Crippen molar-refractivity contribution in [3.05, 3.63) is 41.2 Å². The number of ether oxygens (including phenoxy) is 4. The number of hydrogen-bond donors (Lipinski definition) is 0. The Hall–Kier alpha value is -3.42. The summed E-state index contributed by atoms with van der Waals surface area (Å²) in [5.41, 5.74) is 0.673. The molecule has 0 saturated carbocycles. The Morgan fingerprint density at radius 2 is 1.76 bits per heavy atom. The largest absolute Gasteiger partial charge is 0.497 e. The predicted octanol–water partition coefficient (Wildman–Crippen LogP) is 2.14. The predicted molar refractivity (Wildman–Crippen MR) is 133 cm³/mol. The number of fused-ring (bicyclic) bond motifs is 2. The van der Waals surface area contributed by atoms with Gasteiger partial charge in [0.2, 0.25) is 16.8 Å². The molecule has 2 aromatic carbocycles. The molecule has 11 nitrogen and oxygen atoms in total. The Labute approximate surface area is 216 Å². The van der Waals surface area contributed by atoms with Crippen molar-refractivity contribution in [1.29, 1.82) is 0 Å². The van der Waals surface area contributed by atoms with Crippen LogP contribution in [0.4, 0.5) is 0 Å². The fourth-order valence-corrected chi connectivity index (χ4v) is 6.83. The van der Waals surface area contributed by atoms with Gasteiger partial charge in [0.15, 0.2) is 16.3 Å². The molecule has 0 aliphatic carbocycles. The van der Waals surface area contributed by atoms with Crippen molar-refractivity contribution in [1.82, 2.24) is 8.87 Å². The molecule has 1 saturated heterocycles. The van der Waals surface area contributed by atoms with E-state index in [1.807, 2.05) is 0 Å². The van der Waals surface area contributed by atoms with Gasteiger partial charge in [0, 0.05) is 31.1 Å². The summed E-state index contributed by atoms with van der Waals surface area (Å²) < 4.78 is 50.7. The SMILES string of the molecule is COC(=O)Cn1c(=NC(=O)C2CCN(S(=O)(=O)c3ccc(OC)cc3)CC2)sc2cc3c(cc21)OCO3. The van der Waals surface area contributed by atoms with Crippen LogP contribution in [-0.4, -0.2) is 63.3 Å². The smallest absolute Gasteiger partial charge is 0.325 e. The first-order chi connectivity index (χ1) is 17.8. The van der Waals surface area contributed by atoms with Gasteiger partial charge >= 0.3 is 5.97 Å². The highest BCUT2D eigenvalue weighted by Crippen LogP contribution is 2.37. The first-order valence-corrected chi connectivity index (χ1v) is 13.8. The van der Waals surface area contributed by atoms with Crippen molar-refractivity contribution >= 4 is 43.5 Å². The molecule has 3 aromatic rings. The molecule has 0 radical (unpaired) electrons. The number of esters is 1. The van der Waals surface area contributed by atoms with Gasteiger partial charge in [-0.05, 0) is 37.1 Å². The second-order valence-electron chi connectivity index (χ2n) is 8.52. The number of rotatable bonds is 6. The zero-order valence-electron chi connectivity index (χ0n) is 20.2. The lowest BCUT2D eigenvalue weighted by Crippen LogP contribution is -2.40. The van der Waals surface area contributed by atoms with Gasteiger partial charge in [-0.15, -0.1) is 0 Å². The highest BCUT2D eigenvalue weighted by molar-refractivity contribution is 7.89. The third kappa shape index (κ3) is 4.93. The zero-order valence-corrected chi connectivity index (χ0v) is 21.8. The van der Waals surface area contributed by atoms with Crippen molar-refractivity contribution in [2.75, 3.05) is 34.1 Å². The van der Waals surface area contributed by atoms with E-state index in [0.29, 0.717) is 40.4 Å². The Bertz CT molecular complexity index is 1520. The first-order valence-electron chi connectivity index (χ1n) is 11.5. The van der Waals surface area contributed by atoms with E-state index in [1.54, 1.807) is 28.8 Å². The molecule has 13 heteroatoms. The maximum absolute atomic E-state index is 13.1. The molecule has 1 fully saturated rings. The lowest BCUT2D eigenvalue weighted by Gasteiger charge is -2.29. The number of carbonyl (C=O) groups excluding carboxylic acids is 2. The molecule has 2 aliphatic rings. The molecule has 0 atom stereocenters. The fourth-order valence-electron chi connectivity index (χ4n) is 4.32. The van der Waals surface area contributed by atoms with Gasteiger partial charge in [0.25, 0.3) is 5.91 Å². The van der Waals surface area contributed by atoms with Crippen LogP contribution in [0.15, 0.2) is 46.3 Å². The van der Waals surface area contributed by atoms with Crippen molar-refractivity contribution in [2.24, 2.45) is 10.9 Å². The van der Waals surface area contributed by atoms with Crippen molar-refractivity contribution in [3.63, 3.8) is 0 Å². The third-order valence-corrected chi connectivity index (χ3v) is 9.35. The van der Waals surface area contributed by atoms with Crippen LogP contribution in [0.3, 0.4) is 0 Å². The number of aromatic nitrogens is 1. The highest BCUT2D eigenvalue weighted by atomic mass is 32.2. The number of sulfonamides is 1. The van der Waals surface area contributed by atoms with Crippen LogP contribution >= 0.6 is 11.3 Å². The third-order valence-electron chi connectivity index (χ3n) is 6.40. The molecule has 1 aromatic heterocycles. The van der Waals surface area contributed by atoms with E-state index >= 15 is 0 Å². The number of nitrogens with zero attached hydrogens (tertiary/aromatic N) is 3. The summed E-state index contributed by atoms with van der Waals surface area (Å²) >= 11 is 1.26. The second-order valence-corrected chi connectivity index (χ2v) is 11.5. The molecule has 196 valence electrons. The van der Waals surface area contributed by atoms with E-state index in [4.69, 9.17) is 18.9 Å². The summed E-state index contributed by atoms with van der Waals surface area (Å²) in [5.74, 6) is 0.431. The molecule has 1 amide bonds. The molecule has 2 aliphatic heterocycles. The van der Waals surface area contributed by atoms with Gasteiger partial charge in [-0.25, -0.2) is 8.42 Å². The molecule has 3 heterocycles. The Morgan fingerprint density at radius 3 is 2.41 bits per heavy atom. The minimum atomic E-state index is -3.68. The van der Waals surface area contributed by atoms with Crippen molar-refractivity contribution in [2.45, 2.75) is 24.3 Å². The quantitative estimate of drug-likeness (QED) is 0.430. The fraction of sp³-hybridized carbons (Fsp3) is 0.375. The van der Waals surface area contributed by atoms with Gasteiger partial charge in [-0.3, -0.25) is 9.59 Å². The van der Waals surface area contributed by atoms with Crippen LogP contribution in [0.25, 0.3) is 10.2 Å². The summed E-state index contributed by atoms with van der Waals surface area (Å²) in [6.07, 6.45) is 0.686. The topological polar surface area (TPSA) is 126 Å². The van der Waals surface area contributed by atoms with E-state index in [1.165, 1.54) is 42.0 Å². The molecule has 0 spiro atoms. The summed E-state index contributed by atoms with van der Waals surface area (Å²) in [6, 6.07) is 9.76. The van der Waals surface area contributed by atoms with Crippen LogP contribution < -0.4 is 19.0 Å². The lowest BCUT2D eigenvalue weighted by atomic mass is 9.98. The first kappa shape index (κ1) is 25.2. The minimum absolute atomic E-state index is 0.117. The van der Waals surface area contributed by atoms with Crippen molar-refractivity contribution < 1.29 is 37.0 Å². The standard InChI is InChI=1S/C24H25N3O8S2/c1-32-16-3-5-17(6-4-16)37(30,31)26-9-7-15(8-10-26)23(29)25-24-27(13-22(28)33-2)18-11-19-20(35-14-34-19)12-21(18)36-24/h3-6,11-12,15H,7-10,13-14H2,1-2H3. The van der Waals surface area contributed by atoms with Crippen LogP contribution in [-0.2, 0) is 30.9 Å². The summed E-state index contributed by atoms with van der Waals surface area (Å²) in [6.45, 7) is 0.402. The van der Waals surface area contributed by atoms with Crippen LogP contribution in [0.1, 0.15) is 12.8 Å². The lowest BCUT2D eigenvalue weighted by molar-refractivity contribution is -0.141. The monoisotopic (exact) mass is 547 g/mol. The number of hydrogen-bond acceptors (Lipinski definition) is 9. The molecule has 0 N–H and O–H groups in total. The van der Waals surface area contributed by atoms with Gasteiger partial charge in [-0.2, -0.15) is 9.30 Å². The molecule has 37 heavy (non-hydrogen) atoms. The number of methoxy groups -OCH3 is 2. The number of thiazole rings is 1. The van der Waals surface area contributed by atoms with Gasteiger partial charge < -0.3 is 23.5 Å². The summed E-state index contributed by atoms with van der Waals surface area (Å²) in [7, 11) is -0.874. The van der Waals surface area contributed by atoms with Crippen molar-refractivity contribution in [3.8, 4) is 17.2 Å². The van der Waals surface area contributed by atoms with E-state index in [-0.39, 0.29) is 37.2 Å². The number of piperidine rings is 1. The number of carbonyl (C=O) groups is 2. The van der Waals surface area contributed by atoms with Crippen LogP contribution in [0.2, 0.25) is 0 Å². The second kappa shape index (κ2) is 10.1. The maximum Gasteiger partial charge on any atom is 0.325 e. The van der Waals surface area contributed by atoms with E-state index in [0.717, 1.165) is 4.70 Å². The highest BCUT2D eigenvalue weighted by Gasteiger charge is 2.32. The van der Waals surface area contributed by atoms with Gasteiger partial charge in [-0.1, -0.05) is 11.3 Å². The summed E-state index contributed by atoms with van der Waals surface area (Å²) in [4.78, 5) is 30.1. The molecular weight excluding hydrogens is 522 g/mol.